The molecule has 0 spiro atoms. The summed E-state index contributed by atoms with van der Waals surface area (Å²) in [7, 11) is -3.67. The smallest absolute Gasteiger partial charge is 0.261 e. The van der Waals surface area contributed by atoms with Gasteiger partial charge >= 0.3 is 0 Å². The number of carbonyl (C=O) groups is 1. The fourth-order valence-electron chi connectivity index (χ4n) is 1.16. The van der Waals surface area contributed by atoms with Crippen LogP contribution in [0.15, 0.2) is 24.3 Å². The SMILES string of the molecule is CS(=O)(=O)O.O=C1Cc2ccccc2N1. The minimum absolute atomic E-state index is 0.0983. The highest BCUT2D eigenvalue weighted by Gasteiger charge is 2.15. The monoisotopic (exact) mass is 229 g/mol. The molecule has 6 heteroatoms. The Balaban J connectivity index is 0.000000195. The van der Waals surface area contributed by atoms with Gasteiger partial charge in [0, 0.05) is 5.69 Å². The van der Waals surface area contributed by atoms with Crippen LogP contribution in [-0.4, -0.2) is 25.1 Å². The number of fused-ring (bicyclic) bond motifs is 1. The summed E-state index contributed by atoms with van der Waals surface area (Å²) in [4.78, 5) is 10.8. The zero-order valence-corrected chi connectivity index (χ0v) is 8.91. The van der Waals surface area contributed by atoms with Crippen LogP contribution in [0.3, 0.4) is 0 Å². The fraction of sp³-hybridized carbons (Fsp3) is 0.222. The average Bonchev–Trinajstić information content (AvgIpc) is 2.40. The predicted octanol–water partition coefficient (Wildman–Crippen LogP) is 0.685. The molecule has 1 aliphatic heterocycles. The predicted molar refractivity (Wildman–Crippen MR) is 56.2 cm³/mol. The van der Waals surface area contributed by atoms with Gasteiger partial charge in [0.25, 0.3) is 10.1 Å². The van der Waals surface area contributed by atoms with Gasteiger partial charge in [-0.15, -0.1) is 0 Å². The summed E-state index contributed by atoms with van der Waals surface area (Å²) in [6.45, 7) is 0. The Kier molecular flexibility index (Phi) is 3.43. The second-order valence-corrected chi connectivity index (χ2v) is 4.58. The lowest BCUT2D eigenvalue weighted by Gasteiger charge is -1.93. The summed E-state index contributed by atoms with van der Waals surface area (Å²) in [5, 5.41) is 2.76. The fourth-order valence-corrected chi connectivity index (χ4v) is 1.16. The average molecular weight is 229 g/mol. The van der Waals surface area contributed by atoms with Crippen molar-refractivity contribution in [2.45, 2.75) is 6.42 Å². The molecule has 5 nitrogen and oxygen atoms in total. The number of para-hydroxylation sites is 1. The normalized spacial score (nSPS) is 13.6. The van der Waals surface area contributed by atoms with E-state index in [9.17, 15) is 13.2 Å². The van der Waals surface area contributed by atoms with Gasteiger partial charge in [-0.2, -0.15) is 8.42 Å². The van der Waals surface area contributed by atoms with E-state index in [0.29, 0.717) is 12.7 Å². The van der Waals surface area contributed by atoms with Crippen molar-refractivity contribution in [3.63, 3.8) is 0 Å². The Morgan fingerprint density at radius 1 is 1.33 bits per heavy atom. The Morgan fingerprint density at radius 3 is 2.40 bits per heavy atom. The maximum absolute atomic E-state index is 10.8. The lowest BCUT2D eigenvalue weighted by atomic mass is 10.2. The summed E-state index contributed by atoms with van der Waals surface area (Å²) in [6.07, 6.45) is 1.25. The molecule has 0 bridgehead atoms. The van der Waals surface area contributed by atoms with Gasteiger partial charge < -0.3 is 5.32 Å². The largest absolute Gasteiger partial charge is 0.326 e. The van der Waals surface area contributed by atoms with E-state index in [0.717, 1.165) is 11.3 Å². The zero-order chi connectivity index (χ0) is 11.5. The van der Waals surface area contributed by atoms with Crippen molar-refractivity contribution in [2.24, 2.45) is 0 Å². The van der Waals surface area contributed by atoms with Gasteiger partial charge in [0.05, 0.1) is 12.7 Å². The molecule has 0 saturated heterocycles. The number of hydrogen-bond acceptors (Lipinski definition) is 3. The second kappa shape index (κ2) is 4.41. The first-order chi connectivity index (χ1) is 6.86. The number of amides is 1. The van der Waals surface area contributed by atoms with Crippen LogP contribution < -0.4 is 5.32 Å². The highest BCUT2D eigenvalue weighted by molar-refractivity contribution is 7.85. The molecule has 82 valence electrons. The van der Waals surface area contributed by atoms with Gasteiger partial charge in [0.1, 0.15) is 0 Å². The Hall–Kier alpha value is -1.40. The molecule has 0 fully saturated rings. The zero-order valence-electron chi connectivity index (χ0n) is 8.10. The third-order valence-electron chi connectivity index (χ3n) is 1.64. The number of hydrogen-bond donors (Lipinski definition) is 2. The molecule has 1 amide bonds. The number of nitrogens with one attached hydrogen (secondary N) is 1. The van der Waals surface area contributed by atoms with E-state index in [1.165, 1.54) is 0 Å². The first-order valence-electron chi connectivity index (χ1n) is 4.16. The minimum atomic E-state index is -3.67. The summed E-state index contributed by atoms with van der Waals surface area (Å²) in [6, 6.07) is 7.75. The quantitative estimate of drug-likeness (QED) is 0.641. The third-order valence-corrected chi connectivity index (χ3v) is 1.64. The van der Waals surface area contributed by atoms with E-state index in [1.54, 1.807) is 0 Å². The van der Waals surface area contributed by atoms with Gasteiger partial charge in [-0.25, -0.2) is 0 Å². The highest BCUT2D eigenvalue weighted by Crippen LogP contribution is 2.20. The van der Waals surface area contributed by atoms with Crippen LogP contribution in [0.25, 0.3) is 0 Å². The van der Waals surface area contributed by atoms with Gasteiger partial charge in [-0.3, -0.25) is 9.35 Å². The molecule has 15 heavy (non-hydrogen) atoms. The van der Waals surface area contributed by atoms with Crippen LogP contribution in [0, 0.1) is 0 Å². The summed E-state index contributed by atoms with van der Waals surface area (Å²) < 4.78 is 25.9. The van der Waals surface area contributed by atoms with Crippen LogP contribution >= 0.6 is 0 Å². The molecule has 0 aromatic heterocycles. The third kappa shape index (κ3) is 4.57. The Bertz CT molecular complexity index is 432. The van der Waals surface area contributed by atoms with Crippen molar-refractivity contribution in [3.05, 3.63) is 29.8 Å². The first-order valence-corrected chi connectivity index (χ1v) is 6.01. The molecule has 1 aliphatic rings. The van der Waals surface area contributed by atoms with E-state index in [4.69, 9.17) is 4.55 Å². The molecule has 2 N–H and O–H groups in total. The van der Waals surface area contributed by atoms with E-state index in [-0.39, 0.29) is 5.91 Å². The van der Waals surface area contributed by atoms with Crippen LogP contribution in [0.1, 0.15) is 5.56 Å². The number of anilines is 1. The van der Waals surface area contributed by atoms with Gasteiger partial charge in [-0.05, 0) is 11.6 Å². The van der Waals surface area contributed by atoms with E-state index < -0.39 is 10.1 Å². The maximum atomic E-state index is 10.8. The summed E-state index contributed by atoms with van der Waals surface area (Å²) >= 11 is 0. The number of rotatable bonds is 0. The summed E-state index contributed by atoms with van der Waals surface area (Å²) in [5.74, 6) is 0.0983. The minimum Gasteiger partial charge on any atom is -0.326 e. The molecule has 0 radical (unpaired) electrons. The van der Waals surface area contributed by atoms with Crippen molar-refractivity contribution in [1.29, 1.82) is 0 Å². The van der Waals surface area contributed by atoms with Crippen molar-refractivity contribution >= 4 is 21.7 Å². The number of benzene rings is 1. The first kappa shape index (κ1) is 11.7. The lowest BCUT2D eigenvalue weighted by molar-refractivity contribution is -0.115. The molecule has 1 aromatic carbocycles. The van der Waals surface area contributed by atoms with Crippen molar-refractivity contribution in [3.8, 4) is 0 Å². The van der Waals surface area contributed by atoms with E-state index in [2.05, 4.69) is 5.32 Å². The van der Waals surface area contributed by atoms with Crippen molar-refractivity contribution in [1.82, 2.24) is 0 Å². The Morgan fingerprint density at radius 2 is 1.87 bits per heavy atom. The lowest BCUT2D eigenvalue weighted by Crippen LogP contribution is -2.03. The molecule has 0 unspecified atom stereocenters. The van der Waals surface area contributed by atoms with Crippen LogP contribution in [-0.2, 0) is 21.3 Å². The molecule has 0 atom stereocenters. The maximum Gasteiger partial charge on any atom is 0.261 e. The van der Waals surface area contributed by atoms with E-state index >= 15 is 0 Å². The number of carbonyl (C=O) groups excluding carboxylic acids is 1. The topological polar surface area (TPSA) is 83.5 Å². The highest BCUT2D eigenvalue weighted by atomic mass is 32.2. The molecular formula is C9H11NO4S. The molecule has 1 aromatic rings. The summed E-state index contributed by atoms with van der Waals surface area (Å²) in [5.41, 5.74) is 2.07. The van der Waals surface area contributed by atoms with Crippen molar-refractivity contribution < 1.29 is 17.8 Å². The van der Waals surface area contributed by atoms with Gasteiger partial charge in [0.2, 0.25) is 5.91 Å². The van der Waals surface area contributed by atoms with Gasteiger partial charge in [-0.1, -0.05) is 18.2 Å². The molecule has 1 heterocycles. The van der Waals surface area contributed by atoms with Gasteiger partial charge in [0.15, 0.2) is 0 Å². The molecule has 2 rings (SSSR count). The van der Waals surface area contributed by atoms with Crippen LogP contribution in [0.2, 0.25) is 0 Å². The van der Waals surface area contributed by atoms with Crippen LogP contribution in [0.5, 0.6) is 0 Å². The molecular weight excluding hydrogens is 218 g/mol. The van der Waals surface area contributed by atoms with Crippen LogP contribution in [0.4, 0.5) is 5.69 Å². The second-order valence-electron chi connectivity index (χ2n) is 3.12. The Labute approximate surface area is 87.9 Å². The molecule has 0 aliphatic carbocycles. The van der Waals surface area contributed by atoms with E-state index in [1.807, 2.05) is 24.3 Å². The standard InChI is InChI=1S/C8H7NO.CH4O3S/c10-8-5-6-3-1-2-4-7(6)9-8;1-5(2,3)4/h1-4H,5H2,(H,9,10);1H3,(H,2,3,4). The van der Waals surface area contributed by atoms with Crippen molar-refractivity contribution in [2.75, 3.05) is 11.6 Å². The molecule has 0 saturated carbocycles.